The van der Waals surface area contributed by atoms with Gasteiger partial charge in [-0.05, 0) is 25.5 Å². The molecule has 0 fully saturated rings. The molecule has 2 heterocycles. The summed E-state index contributed by atoms with van der Waals surface area (Å²) in [7, 11) is 1.77. The third-order valence-corrected chi connectivity index (χ3v) is 4.55. The second kappa shape index (κ2) is 11.1. The number of halogens is 1. The first-order valence-corrected chi connectivity index (χ1v) is 9.77. The molecule has 0 spiro atoms. The first-order chi connectivity index (χ1) is 13.6. The second-order valence-electron chi connectivity index (χ2n) is 7.03. The van der Waals surface area contributed by atoms with Crippen LogP contribution in [0.3, 0.4) is 0 Å². The van der Waals surface area contributed by atoms with E-state index in [2.05, 4.69) is 60.4 Å². The zero-order valence-corrected chi connectivity index (χ0v) is 19.8. The Bertz CT molecular complexity index is 932. The lowest BCUT2D eigenvalue weighted by atomic mass is 10.2. The van der Waals surface area contributed by atoms with Gasteiger partial charge >= 0.3 is 0 Å². The molecule has 2 aromatic heterocycles. The van der Waals surface area contributed by atoms with E-state index in [1.165, 1.54) is 5.52 Å². The maximum absolute atomic E-state index is 5.26. The molecule has 1 aromatic carbocycles. The molecule has 0 amide bonds. The minimum atomic E-state index is 0. The number of nitrogens with one attached hydrogen (secondary N) is 2. The molecule has 2 N–H and O–H groups in total. The number of nitrogens with zero attached hydrogens (tertiary/aromatic N) is 5. The van der Waals surface area contributed by atoms with Gasteiger partial charge in [0.15, 0.2) is 11.8 Å². The Morgan fingerprint density at radius 3 is 2.66 bits per heavy atom. The van der Waals surface area contributed by atoms with Crippen LogP contribution in [0.15, 0.2) is 33.8 Å². The maximum atomic E-state index is 5.26. The molecule has 3 rings (SSSR count). The van der Waals surface area contributed by atoms with Crippen molar-refractivity contribution in [1.29, 1.82) is 0 Å². The number of aliphatic imine (C=N–C) groups is 1. The van der Waals surface area contributed by atoms with Crippen LogP contribution in [0.25, 0.3) is 11.0 Å². The normalized spacial score (nSPS) is 11.7. The van der Waals surface area contributed by atoms with Crippen molar-refractivity contribution in [2.75, 3.05) is 20.1 Å². The molecule has 3 aromatic rings. The van der Waals surface area contributed by atoms with Crippen molar-refractivity contribution in [2.45, 2.75) is 46.1 Å². The summed E-state index contributed by atoms with van der Waals surface area (Å²) in [6, 6.07) is 8.24. The van der Waals surface area contributed by atoms with E-state index in [4.69, 9.17) is 4.52 Å². The number of hydrogen-bond donors (Lipinski definition) is 2. The second-order valence-corrected chi connectivity index (χ2v) is 7.03. The Morgan fingerprint density at radius 1 is 1.17 bits per heavy atom. The number of aromatic nitrogens is 4. The zero-order valence-electron chi connectivity index (χ0n) is 17.5. The summed E-state index contributed by atoms with van der Waals surface area (Å²) in [6.45, 7) is 8.57. The van der Waals surface area contributed by atoms with Gasteiger partial charge in [0.1, 0.15) is 5.82 Å². The number of rotatable bonds is 8. The van der Waals surface area contributed by atoms with Crippen LogP contribution in [0.5, 0.6) is 0 Å². The van der Waals surface area contributed by atoms with Gasteiger partial charge in [0.2, 0.25) is 5.89 Å². The maximum Gasteiger partial charge on any atom is 0.228 e. The van der Waals surface area contributed by atoms with Gasteiger partial charge in [0.25, 0.3) is 0 Å². The van der Waals surface area contributed by atoms with Gasteiger partial charge in [0, 0.05) is 39.0 Å². The molecule has 158 valence electrons. The lowest BCUT2D eigenvalue weighted by Crippen LogP contribution is -2.39. The van der Waals surface area contributed by atoms with Gasteiger partial charge in [-0.1, -0.05) is 31.1 Å². The molecule has 0 radical (unpaired) electrons. The molecule has 29 heavy (non-hydrogen) atoms. The Hall–Kier alpha value is -2.17. The fourth-order valence-corrected chi connectivity index (χ4v) is 3.03. The van der Waals surface area contributed by atoms with Crippen molar-refractivity contribution in [2.24, 2.45) is 4.99 Å². The summed E-state index contributed by atoms with van der Waals surface area (Å²) in [5.74, 6) is 3.49. The van der Waals surface area contributed by atoms with Crippen LogP contribution >= 0.6 is 24.0 Å². The van der Waals surface area contributed by atoms with Crippen LogP contribution in [0, 0.1) is 6.92 Å². The molecule has 0 unspecified atom stereocenters. The van der Waals surface area contributed by atoms with Crippen molar-refractivity contribution in [3.05, 3.63) is 41.8 Å². The van der Waals surface area contributed by atoms with E-state index in [1.54, 1.807) is 7.05 Å². The Labute approximate surface area is 188 Å². The van der Waals surface area contributed by atoms with Crippen molar-refractivity contribution in [3.8, 4) is 0 Å². The number of para-hydroxylation sites is 2. The van der Waals surface area contributed by atoms with Crippen LogP contribution in [0.2, 0.25) is 0 Å². The van der Waals surface area contributed by atoms with E-state index in [1.807, 2.05) is 19.9 Å². The third kappa shape index (κ3) is 6.15. The van der Waals surface area contributed by atoms with Gasteiger partial charge in [-0.15, -0.1) is 24.0 Å². The van der Waals surface area contributed by atoms with E-state index in [0.29, 0.717) is 18.9 Å². The lowest BCUT2D eigenvalue weighted by molar-refractivity contribution is 0.371. The van der Waals surface area contributed by atoms with E-state index in [9.17, 15) is 0 Å². The summed E-state index contributed by atoms with van der Waals surface area (Å²) in [4.78, 5) is 13.3. The number of imidazole rings is 1. The fourth-order valence-electron chi connectivity index (χ4n) is 3.03. The van der Waals surface area contributed by atoms with Crippen LogP contribution < -0.4 is 10.6 Å². The average Bonchev–Trinajstić information content (AvgIpc) is 3.28. The summed E-state index contributed by atoms with van der Waals surface area (Å²) < 4.78 is 7.52. The molecule has 0 saturated heterocycles. The van der Waals surface area contributed by atoms with Gasteiger partial charge in [-0.2, -0.15) is 4.98 Å². The Morgan fingerprint density at radius 2 is 1.93 bits per heavy atom. The molecule has 9 heteroatoms. The number of fused-ring (bicyclic) bond motifs is 1. The minimum Gasteiger partial charge on any atom is -0.356 e. The van der Waals surface area contributed by atoms with Crippen LogP contribution in [0.1, 0.15) is 43.7 Å². The monoisotopic (exact) mass is 511 g/mol. The molecule has 0 aliphatic rings. The van der Waals surface area contributed by atoms with E-state index < -0.39 is 0 Å². The number of aryl methyl sites for hydroxylation is 2. The van der Waals surface area contributed by atoms with Crippen LogP contribution in [-0.2, 0) is 13.0 Å². The van der Waals surface area contributed by atoms with Crippen molar-refractivity contribution >= 4 is 41.0 Å². The third-order valence-electron chi connectivity index (χ3n) is 4.55. The average molecular weight is 511 g/mol. The number of benzene rings is 1. The molecule has 0 aliphatic carbocycles. The molecule has 8 nitrogen and oxygen atoms in total. The largest absolute Gasteiger partial charge is 0.356 e. The standard InChI is InChI=1S/C20H29N7O.HI/c1-14(2)19-25-18(28-26-19)10-12-23-20(21-4)22-11-7-13-27-15(3)24-16-8-5-6-9-17(16)27;/h5-6,8-9,14H,7,10-13H2,1-4H3,(H2,21,22,23);1H. The molecular weight excluding hydrogens is 481 g/mol. The smallest absolute Gasteiger partial charge is 0.228 e. The van der Waals surface area contributed by atoms with Crippen molar-refractivity contribution in [1.82, 2.24) is 30.3 Å². The van der Waals surface area contributed by atoms with Gasteiger partial charge in [-0.3, -0.25) is 4.99 Å². The van der Waals surface area contributed by atoms with E-state index >= 15 is 0 Å². The summed E-state index contributed by atoms with van der Waals surface area (Å²) in [5, 5.41) is 10.6. The van der Waals surface area contributed by atoms with E-state index in [-0.39, 0.29) is 29.9 Å². The molecule has 0 aliphatic heterocycles. The molecule has 0 bridgehead atoms. The van der Waals surface area contributed by atoms with Gasteiger partial charge in [-0.25, -0.2) is 4.98 Å². The summed E-state index contributed by atoms with van der Waals surface area (Å²) in [5.41, 5.74) is 2.23. The Kier molecular flexibility index (Phi) is 8.87. The first kappa shape index (κ1) is 23.1. The van der Waals surface area contributed by atoms with Crippen molar-refractivity contribution in [3.63, 3.8) is 0 Å². The van der Waals surface area contributed by atoms with E-state index in [0.717, 1.165) is 42.6 Å². The topological polar surface area (TPSA) is 93.2 Å². The van der Waals surface area contributed by atoms with Crippen molar-refractivity contribution < 1.29 is 4.52 Å². The zero-order chi connectivity index (χ0) is 19.9. The number of hydrogen-bond acceptors (Lipinski definition) is 5. The molecular formula is C20H30IN7O. The Balaban J connectivity index is 0.00000300. The summed E-state index contributed by atoms with van der Waals surface area (Å²) >= 11 is 0. The lowest BCUT2D eigenvalue weighted by Gasteiger charge is -2.12. The number of guanidine groups is 1. The quantitative estimate of drug-likeness (QED) is 0.209. The minimum absolute atomic E-state index is 0. The SMILES string of the molecule is CN=C(NCCCn1c(C)nc2ccccc21)NCCc1nc(C(C)C)no1.I. The highest BCUT2D eigenvalue weighted by Crippen LogP contribution is 2.15. The highest BCUT2D eigenvalue weighted by molar-refractivity contribution is 14.0. The van der Waals surface area contributed by atoms with Crippen LogP contribution in [-0.4, -0.2) is 45.8 Å². The first-order valence-electron chi connectivity index (χ1n) is 9.77. The van der Waals surface area contributed by atoms with Crippen LogP contribution in [0.4, 0.5) is 0 Å². The fraction of sp³-hybridized carbons (Fsp3) is 0.500. The predicted molar refractivity (Wildman–Crippen MR) is 126 cm³/mol. The molecule has 0 saturated carbocycles. The highest BCUT2D eigenvalue weighted by atomic mass is 127. The highest BCUT2D eigenvalue weighted by Gasteiger charge is 2.09. The summed E-state index contributed by atoms with van der Waals surface area (Å²) in [6.07, 6.45) is 1.64. The van der Waals surface area contributed by atoms with Gasteiger partial charge < -0.3 is 19.7 Å². The van der Waals surface area contributed by atoms with Gasteiger partial charge in [0.05, 0.1) is 11.0 Å². The molecule has 0 atom stereocenters. The predicted octanol–water partition coefficient (Wildman–Crippen LogP) is 3.27.